The number of carboxylic acid groups (broad SMARTS) is 1. The summed E-state index contributed by atoms with van der Waals surface area (Å²) in [4.78, 5) is 15.6. The van der Waals surface area contributed by atoms with Gasteiger partial charge in [0.1, 0.15) is 0 Å². The Morgan fingerprint density at radius 1 is 1.00 bits per heavy atom. The van der Waals surface area contributed by atoms with Gasteiger partial charge < -0.3 is 10.0 Å². The van der Waals surface area contributed by atoms with E-state index in [0.717, 1.165) is 32.1 Å². The first-order chi connectivity index (χ1) is 9.25. The minimum Gasteiger partial charge on any atom is -0.481 e. The van der Waals surface area contributed by atoms with E-state index in [9.17, 15) is 4.79 Å². The molecule has 1 aliphatic carbocycles. The Morgan fingerprint density at radius 3 is 2.21 bits per heavy atom. The molecule has 4 heteroatoms. The van der Waals surface area contributed by atoms with Crippen LogP contribution in [0, 0.1) is 0 Å². The van der Waals surface area contributed by atoms with Gasteiger partial charge in [0, 0.05) is 38.6 Å². The van der Waals surface area contributed by atoms with E-state index < -0.39 is 5.97 Å². The van der Waals surface area contributed by atoms with E-state index in [2.05, 4.69) is 9.80 Å². The maximum atomic E-state index is 10.5. The summed E-state index contributed by atoms with van der Waals surface area (Å²) in [6.45, 7) is 5.55. The van der Waals surface area contributed by atoms with Crippen LogP contribution in [0.15, 0.2) is 0 Å². The van der Waals surface area contributed by atoms with Crippen LogP contribution in [0.1, 0.15) is 51.4 Å². The van der Waals surface area contributed by atoms with Crippen LogP contribution in [0.5, 0.6) is 0 Å². The Balaban J connectivity index is 1.65. The fourth-order valence-electron chi connectivity index (χ4n) is 3.43. The summed E-state index contributed by atoms with van der Waals surface area (Å²) in [5.41, 5.74) is 0. The summed E-state index contributed by atoms with van der Waals surface area (Å²) in [5.74, 6) is -0.669. The Bertz CT molecular complexity index is 267. The molecule has 110 valence electrons. The lowest BCUT2D eigenvalue weighted by Crippen LogP contribution is -2.50. The van der Waals surface area contributed by atoms with Crippen molar-refractivity contribution in [1.29, 1.82) is 0 Å². The minimum absolute atomic E-state index is 0.308. The zero-order valence-electron chi connectivity index (χ0n) is 12.0. The van der Waals surface area contributed by atoms with Crippen molar-refractivity contribution in [3.63, 3.8) is 0 Å². The van der Waals surface area contributed by atoms with Crippen molar-refractivity contribution in [1.82, 2.24) is 9.80 Å². The maximum absolute atomic E-state index is 10.5. The van der Waals surface area contributed by atoms with Gasteiger partial charge in [-0.25, -0.2) is 0 Å². The molecule has 0 aromatic heterocycles. The van der Waals surface area contributed by atoms with Crippen LogP contribution in [0.3, 0.4) is 0 Å². The van der Waals surface area contributed by atoms with Crippen molar-refractivity contribution >= 4 is 5.97 Å². The summed E-state index contributed by atoms with van der Waals surface area (Å²) in [6.07, 6.45) is 9.53. The van der Waals surface area contributed by atoms with E-state index >= 15 is 0 Å². The fourth-order valence-corrected chi connectivity index (χ4v) is 3.43. The number of nitrogens with zero attached hydrogens (tertiary/aromatic N) is 2. The Morgan fingerprint density at radius 2 is 1.63 bits per heavy atom. The predicted octanol–water partition coefficient (Wildman–Crippen LogP) is 2.19. The van der Waals surface area contributed by atoms with Crippen molar-refractivity contribution < 1.29 is 9.90 Å². The number of aliphatic carboxylic acids is 1. The standard InChI is InChI=1S/C15H28N2O2/c18-15(19)8-5-9-16-10-12-17(13-11-16)14-6-3-1-2-4-7-14/h14H,1-13H2,(H,18,19). The monoisotopic (exact) mass is 268 g/mol. The molecular weight excluding hydrogens is 240 g/mol. The third kappa shape index (κ3) is 5.11. The van der Waals surface area contributed by atoms with Crippen LogP contribution in [0.4, 0.5) is 0 Å². The van der Waals surface area contributed by atoms with E-state index in [1.54, 1.807) is 0 Å². The van der Waals surface area contributed by atoms with E-state index in [1.807, 2.05) is 0 Å². The number of rotatable bonds is 5. The minimum atomic E-state index is -0.669. The van der Waals surface area contributed by atoms with Gasteiger partial charge in [-0.1, -0.05) is 25.7 Å². The summed E-state index contributed by atoms with van der Waals surface area (Å²) < 4.78 is 0. The van der Waals surface area contributed by atoms with Gasteiger partial charge in [-0.3, -0.25) is 9.69 Å². The maximum Gasteiger partial charge on any atom is 0.303 e. The van der Waals surface area contributed by atoms with Crippen LogP contribution < -0.4 is 0 Å². The molecule has 0 bridgehead atoms. The molecule has 0 radical (unpaired) electrons. The summed E-state index contributed by atoms with van der Waals surface area (Å²) >= 11 is 0. The highest BCUT2D eigenvalue weighted by atomic mass is 16.4. The molecule has 0 spiro atoms. The van der Waals surface area contributed by atoms with Crippen molar-refractivity contribution in [2.75, 3.05) is 32.7 Å². The molecule has 1 saturated carbocycles. The molecule has 2 rings (SSSR count). The average molecular weight is 268 g/mol. The molecule has 1 saturated heterocycles. The van der Waals surface area contributed by atoms with E-state index in [0.29, 0.717) is 6.42 Å². The van der Waals surface area contributed by atoms with Gasteiger partial charge in [0.15, 0.2) is 0 Å². The van der Waals surface area contributed by atoms with Crippen molar-refractivity contribution in [3.05, 3.63) is 0 Å². The van der Waals surface area contributed by atoms with Crippen LogP contribution in [0.25, 0.3) is 0 Å². The normalized spacial score (nSPS) is 24.2. The van der Waals surface area contributed by atoms with Crippen LogP contribution >= 0.6 is 0 Å². The number of carboxylic acids is 1. The first-order valence-corrected chi connectivity index (χ1v) is 7.94. The lowest BCUT2D eigenvalue weighted by Gasteiger charge is -2.39. The summed E-state index contributed by atoms with van der Waals surface area (Å²) in [6, 6.07) is 0.823. The molecule has 4 nitrogen and oxygen atoms in total. The smallest absolute Gasteiger partial charge is 0.303 e. The highest BCUT2D eigenvalue weighted by molar-refractivity contribution is 5.66. The Kier molecular flexibility index (Phi) is 6.11. The summed E-state index contributed by atoms with van der Waals surface area (Å²) in [7, 11) is 0. The van der Waals surface area contributed by atoms with Gasteiger partial charge in [0.05, 0.1) is 0 Å². The lowest BCUT2D eigenvalue weighted by atomic mass is 10.1. The molecule has 19 heavy (non-hydrogen) atoms. The largest absolute Gasteiger partial charge is 0.481 e. The van der Waals surface area contributed by atoms with Gasteiger partial charge in [-0.2, -0.15) is 0 Å². The molecule has 0 atom stereocenters. The molecular formula is C15H28N2O2. The molecule has 0 unspecified atom stereocenters. The number of hydrogen-bond donors (Lipinski definition) is 1. The quantitative estimate of drug-likeness (QED) is 0.776. The van der Waals surface area contributed by atoms with Crippen molar-refractivity contribution in [2.45, 2.75) is 57.4 Å². The molecule has 2 aliphatic rings. The predicted molar refractivity (Wildman–Crippen MR) is 76.4 cm³/mol. The fraction of sp³-hybridized carbons (Fsp3) is 0.933. The zero-order chi connectivity index (χ0) is 13.5. The third-order valence-corrected chi connectivity index (χ3v) is 4.61. The second-order valence-electron chi connectivity index (χ2n) is 6.02. The van der Waals surface area contributed by atoms with E-state index in [1.165, 1.54) is 51.6 Å². The van der Waals surface area contributed by atoms with E-state index in [-0.39, 0.29) is 0 Å². The van der Waals surface area contributed by atoms with Crippen LogP contribution in [-0.4, -0.2) is 59.6 Å². The molecule has 2 fully saturated rings. The molecule has 1 N–H and O–H groups in total. The second kappa shape index (κ2) is 7.85. The number of piperazine rings is 1. The summed E-state index contributed by atoms with van der Waals surface area (Å²) in [5, 5.41) is 8.66. The van der Waals surface area contributed by atoms with Gasteiger partial charge in [0.25, 0.3) is 0 Å². The molecule has 0 amide bonds. The first-order valence-electron chi connectivity index (χ1n) is 7.94. The van der Waals surface area contributed by atoms with Crippen LogP contribution in [-0.2, 0) is 4.79 Å². The van der Waals surface area contributed by atoms with Crippen molar-refractivity contribution in [2.24, 2.45) is 0 Å². The topological polar surface area (TPSA) is 43.8 Å². The van der Waals surface area contributed by atoms with Gasteiger partial charge in [-0.05, 0) is 25.8 Å². The molecule has 0 aromatic carbocycles. The van der Waals surface area contributed by atoms with Gasteiger partial charge in [-0.15, -0.1) is 0 Å². The number of hydrogen-bond acceptors (Lipinski definition) is 3. The highest BCUT2D eigenvalue weighted by Crippen LogP contribution is 2.22. The van der Waals surface area contributed by atoms with Gasteiger partial charge >= 0.3 is 5.97 Å². The van der Waals surface area contributed by atoms with E-state index in [4.69, 9.17) is 5.11 Å². The molecule has 1 aliphatic heterocycles. The van der Waals surface area contributed by atoms with Crippen LogP contribution in [0.2, 0.25) is 0 Å². The average Bonchev–Trinajstić information content (AvgIpc) is 2.68. The first kappa shape index (κ1) is 14.8. The van der Waals surface area contributed by atoms with Crippen molar-refractivity contribution in [3.8, 4) is 0 Å². The number of carbonyl (C=O) groups is 1. The van der Waals surface area contributed by atoms with Gasteiger partial charge in [0.2, 0.25) is 0 Å². The highest BCUT2D eigenvalue weighted by Gasteiger charge is 2.24. The molecule has 1 heterocycles. The molecule has 0 aromatic rings. The Hall–Kier alpha value is -0.610. The Labute approximate surface area is 116 Å². The lowest BCUT2D eigenvalue weighted by molar-refractivity contribution is -0.137. The second-order valence-corrected chi connectivity index (χ2v) is 6.02. The zero-order valence-corrected chi connectivity index (χ0v) is 12.0. The third-order valence-electron chi connectivity index (χ3n) is 4.61. The SMILES string of the molecule is O=C(O)CCCN1CCN(C2CCCCCC2)CC1.